The smallest absolute Gasteiger partial charge is 0.124 e. The van der Waals surface area contributed by atoms with Crippen LogP contribution in [-0.2, 0) is 6.54 Å². The Kier molecular flexibility index (Phi) is 5.65. The normalized spacial score (nSPS) is 11.2. The Labute approximate surface area is 113 Å². The van der Waals surface area contributed by atoms with E-state index in [9.17, 15) is 4.39 Å². The number of hydrogen-bond acceptors (Lipinski definition) is 3. The van der Waals surface area contributed by atoms with Crippen molar-refractivity contribution >= 4 is 17.2 Å². The summed E-state index contributed by atoms with van der Waals surface area (Å²) in [4.78, 5) is 4.48. The zero-order valence-corrected chi connectivity index (χ0v) is 11.9. The van der Waals surface area contributed by atoms with Crippen LogP contribution < -0.4 is 5.73 Å². The van der Waals surface area contributed by atoms with Gasteiger partial charge in [0.25, 0.3) is 0 Å². The average molecular weight is 269 g/mol. The van der Waals surface area contributed by atoms with Crippen LogP contribution in [0.5, 0.6) is 0 Å². The summed E-state index contributed by atoms with van der Waals surface area (Å²) in [6.07, 6.45) is 0. The fraction of sp³-hybridized carbons (Fsp3) is 0.462. The summed E-state index contributed by atoms with van der Waals surface area (Å²) < 4.78 is 13.4. The standard InChI is InChI=1S/C13H20FN3S/c1-16(2)4-5-17(3)9-10-6-11(13(15)18)8-12(14)7-10/h6-8H,4-5,9H2,1-3H3,(H2,15,18). The molecule has 0 heterocycles. The molecule has 0 unspecified atom stereocenters. The lowest BCUT2D eigenvalue weighted by Gasteiger charge is -2.19. The highest BCUT2D eigenvalue weighted by Gasteiger charge is 2.06. The number of likely N-dealkylation sites (N-methyl/N-ethyl adjacent to an activating group) is 2. The molecule has 0 atom stereocenters. The number of hydrogen-bond donors (Lipinski definition) is 1. The molecule has 1 aromatic rings. The minimum Gasteiger partial charge on any atom is -0.389 e. The monoisotopic (exact) mass is 269 g/mol. The second-order valence-electron chi connectivity index (χ2n) is 4.75. The Balaban J connectivity index is 2.69. The third kappa shape index (κ3) is 5.08. The lowest BCUT2D eigenvalue weighted by molar-refractivity contribution is 0.276. The van der Waals surface area contributed by atoms with E-state index in [0.29, 0.717) is 12.1 Å². The molecule has 0 aromatic heterocycles. The third-order valence-corrected chi connectivity index (χ3v) is 2.86. The summed E-state index contributed by atoms with van der Waals surface area (Å²) in [6, 6.07) is 4.73. The first-order valence-corrected chi connectivity index (χ1v) is 6.22. The van der Waals surface area contributed by atoms with Crippen molar-refractivity contribution in [3.05, 3.63) is 35.1 Å². The Morgan fingerprint density at radius 3 is 2.44 bits per heavy atom. The highest BCUT2D eigenvalue weighted by Crippen LogP contribution is 2.11. The van der Waals surface area contributed by atoms with Crippen molar-refractivity contribution in [3.63, 3.8) is 0 Å². The van der Waals surface area contributed by atoms with Crippen LogP contribution in [0, 0.1) is 5.82 Å². The van der Waals surface area contributed by atoms with Gasteiger partial charge in [0.1, 0.15) is 10.8 Å². The van der Waals surface area contributed by atoms with Gasteiger partial charge < -0.3 is 15.5 Å². The molecule has 0 aliphatic heterocycles. The topological polar surface area (TPSA) is 32.5 Å². The van der Waals surface area contributed by atoms with Gasteiger partial charge in [-0.2, -0.15) is 0 Å². The second kappa shape index (κ2) is 6.78. The van der Waals surface area contributed by atoms with Crippen molar-refractivity contribution in [2.75, 3.05) is 34.2 Å². The lowest BCUT2D eigenvalue weighted by Crippen LogP contribution is -2.28. The van der Waals surface area contributed by atoms with E-state index in [0.717, 1.165) is 18.7 Å². The van der Waals surface area contributed by atoms with E-state index >= 15 is 0 Å². The molecule has 0 amide bonds. The second-order valence-corrected chi connectivity index (χ2v) is 5.19. The van der Waals surface area contributed by atoms with Gasteiger partial charge in [0.05, 0.1) is 0 Å². The molecule has 0 aliphatic rings. The lowest BCUT2D eigenvalue weighted by atomic mass is 10.1. The maximum absolute atomic E-state index is 13.4. The van der Waals surface area contributed by atoms with Crippen molar-refractivity contribution in [1.82, 2.24) is 9.80 Å². The quantitative estimate of drug-likeness (QED) is 0.792. The van der Waals surface area contributed by atoms with Crippen molar-refractivity contribution in [2.24, 2.45) is 5.73 Å². The first-order valence-electron chi connectivity index (χ1n) is 5.81. The zero-order valence-electron chi connectivity index (χ0n) is 11.1. The van der Waals surface area contributed by atoms with Crippen molar-refractivity contribution in [3.8, 4) is 0 Å². The minimum absolute atomic E-state index is 0.228. The summed E-state index contributed by atoms with van der Waals surface area (Å²) in [5.41, 5.74) is 7.00. The van der Waals surface area contributed by atoms with E-state index in [2.05, 4.69) is 9.80 Å². The maximum Gasteiger partial charge on any atom is 0.124 e. The summed E-state index contributed by atoms with van der Waals surface area (Å²) in [5.74, 6) is -0.295. The Morgan fingerprint density at radius 1 is 1.22 bits per heavy atom. The number of benzene rings is 1. The molecule has 0 saturated carbocycles. The van der Waals surface area contributed by atoms with E-state index in [1.54, 1.807) is 0 Å². The molecule has 100 valence electrons. The maximum atomic E-state index is 13.4. The molecule has 0 radical (unpaired) electrons. The van der Waals surface area contributed by atoms with Crippen LogP contribution in [0.25, 0.3) is 0 Å². The summed E-state index contributed by atoms with van der Waals surface area (Å²) in [6.45, 7) is 2.57. The van der Waals surface area contributed by atoms with Crippen molar-refractivity contribution in [2.45, 2.75) is 6.54 Å². The van der Waals surface area contributed by atoms with Gasteiger partial charge in [-0.25, -0.2) is 4.39 Å². The van der Waals surface area contributed by atoms with Crippen LogP contribution in [0.4, 0.5) is 4.39 Å². The molecule has 0 aliphatic carbocycles. The number of halogens is 1. The van der Waals surface area contributed by atoms with E-state index in [1.807, 2.05) is 27.2 Å². The van der Waals surface area contributed by atoms with E-state index in [1.165, 1.54) is 12.1 Å². The Hall–Kier alpha value is -1.04. The van der Waals surface area contributed by atoms with Crippen LogP contribution in [0.2, 0.25) is 0 Å². The molecule has 1 aromatic carbocycles. The molecule has 3 nitrogen and oxygen atoms in total. The summed E-state index contributed by atoms with van der Waals surface area (Å²) in [5, 5.41) is 0. The predicted molar refractivity (Wildman–Crippen MR) is 77.2 cm³/mol. The third-order valence-electron chi connectivity index (χ3n) is 2.62. The van der Waals surface area contributed by atoms with Gasteiger partial charge in [-0.3, -0.25) is 0 Å². The molecule has 5 heteroatoms. The minimum atomic E-state index is -0.295. The average Bonchev–Trinajstić information content (AvgIpc) is 2.25. The highest BCUT2D eigenvalue weighted by molar-refractivity contribution is 7.80. The van der Waals surface area contributed by atoms with Gasteiger partial charge in [-0.1, -0.05) is 12.2 Å². The molecule has 18 heavy (non-hydrogen) atoms. The molecular weight excluding hydrogens is 249 g/mol. The SMILES string of the molecule is CN(C)CCN(C)Cc1cc(F)cc(C(N)=S)c1. The predicted octanol–water partition coefficient (Wildman–Crippen LogP) is 1.45. The van der Waals surface area contributed by atoms with Crippen LogP contribution in [0.1, 0.15) is 11.1 Å². The number of thiocarbonyl (C=S) groups is 1. The van der Waals surface area contributed by atoms with Crippen molar-refractivity contribution in [1.29, 1.82) is 0 Å². The molecule has 0 saturated heterocycles. The highest BCUT2D eigenvalue weighted by atomic mass is 32.1. The number of nitrogens with two attached hydrogens (primary N) is 1. The molecule has 0 fully saturated rings. The van der Waals surface area contributed by atoms with E-state index in [4.69, 9.17) is 18.0 Å². The van der Waals surface area contributed by atoms with Crippen LogP contribution in [0.15, 0.2) is 18.2 Å². The fourth-order valence-corrected chi connectivity index (χ4v) is 1.76. The van der Waals surface area contributed by atoms with Gasteiger partial charge in [-0.15, -0.1) is 0 Å². The van der Waals surface area contributed by atoms with Crippen LogP contribution >= 0.6 is 12.2 Å². The first kappa shape index (κ1) is 15.0. The molecule has 1 rings (SSSR count). The van der Waals surface area contributed by atoms with Gasteiger partial charge in [-0.05, 0) is 44.9 Å². The number of nitrogens with zero attached hydrogens (tertiary/aromatic N) is 2. The van der Waals surface area contributed by atoms with Gasteiger partial charge in [0.15, 0.2) is 0 Å². The first-order chi connectivity index (χ1) is 8.38. The van der Waals surface area contributed by atoms with Crippen LogP contribution in [0.3, 0.4) is 0 Å². The summed E-state index contributed by atoms with van der Waals surface area (Å²) >= 11 is 4.87. The van der Waals surface area contributed by atoms with Gasteiger partial charge in [0.2, 0.25) is 0 Å². The Morgan fingerprint density at radius 2 is 1.89 bits per heavy atom. The van der Waals surface area contributed by atoms with E-state index in [-0.39, 0.29) is 10.8 Å². The molecule has 2 N–H and O–H groups in total. The van der Waals surface area contributed by atoms with Gasteiger partial charge >= 0.3 is 0 Å². The number of rotatable bonds is 6. The van der Waals surface area contributed by atoms with Crippen molar-refractivity contribution < 1.29 is 4.39 Å². The van der Waals surface area contributed by atoms with Crippen LogP contribution in [-0.4, -0.2) is 49.0 Å². The summed E-state index contributed by atoms with van der Waals surface area (Å²) in [7, 11) is 6.07. The van der Waals surface area contributed by atoms with Gasteiger partial charge in [0, 0.05) is 25.2 Å². The Bertz CT molecular complexity index is 421. The van der Waals surface area contributed by atoms with E-state index < -0.39 is 0 Å². The largest absolute Gasteiger partial charge is 0.389 e. The fourth-order valence-electron chi connectivity index (χ4n) is 1.65. The molecular formula is C13H20FN3S. The molecule has 0 bridgehead atoms. The zero-order chi connectivity index (χ0) is 13.7. The molecule has 0 spiro atoms.